The normalized spacial score (nSPS) is 17.8. The molecule has 1 aromatic carbocycles. The summed E-state index contributed by atoms with van der Waals surface area (Å²) in [4.78, 5) is 0.331. The molecular formula is C13H19NO3S. The molecule has 0 amide bonds. The average Bonchev–Trinajstić information content (AvgIpc) is 2.41. The molecule has 0 aromatic heterocycles. The zero-order chi connectivity index (χ0) is 12.8. The van der Waals surface area contributed by atoms with E-state index in [1.54, 1.807) is 30.3 Å². The summed E-state index contributed by atoms with van der Waals surface area (Å²) in [7, 11) is -3.34. The fraction of sp³-hybridized carbons (Fsp3) is 0.538. The third kappa shape index (κ3) is 3.80. The molecule has 0 spiro atoms. The standard InChI is InChI=1S/C13H19NO3S/c15-18(16,13-4-2-1-3-5-13)14-9-6-12-7-10-17-11-8-12/h1-5,12,14H,6-11H2. The van der Waals surface area contributed by atoms with Crippen LogP contribution in [0.1, 0.15) is 19.3 Å². The van der Waals surface area contributed by atoms with Gasteiger partial charge in [0.15, 0.2) is 0 Å². The second kappa shape index (κ2) is 6.31. The fourth-order valence-electron chi connectivity index (χ4n) is 2.12. The molecule has 2 rings (SSSR count). The first-order chi connectivity index (χ1) is 8.68. The van der Waals surface area contributed by atoms with Crippen LogP contribution < -0.4 is 4.72 Å². The number of sulfonamides is 1. The Labute approximate surface area is 108 Å². The van der Waals surface area contributed by atoms with Gasteiger partial charge in [-0.05, 0) is 37.3 Å². The van der Waals surface area contributed by atoms with E-state index in [0.717, 1.165) is 32.5 Å². The van der Waals surface area contributed by atoms with Gasteiger partial charge in [-0.2, -0.15) is 0 Å². The first-order valence-corrected chi connectivity index (χ1v) is 7.79. The van der Waals surface area contributed by atoms with Gasteiger partial charge in [-0.3, -0.25) is 0 Å². The maximum Gasteiger partial charge on any atom is 0.240 e. The molecule has 4 nitrogen and oxygen atoms in total. The molecule has 18 heavy (non-hydrogen) atoms. The quantitative estimate of drug-likeness (QED) is 0.886. The van der Waals surface area contributed by atoms with Crippen LogP contribution in [0.2, 0.25) is 0 Å². The highest BCUT2D eigenvalue weighted by Crippen LogP contribution is 2.18. The molecule has 0 unspecified atom stereocenters. The maximum absolute atomic E-state index is 11.9. The van der Waals surface area contributed by atoms with Crippen LogP contribution in [0.3, 0.4) is 0 Å². The summed E-state index contributed by atoms with van der Waals surface area (Å²) in [6, 6.07) is 8.48. The number of rotatable bonds is 5. The lowest BCUT2D eigenvalue weighted by Crippen LogP contribution is -2.27. The Morgan fingerprint density at radius 1 is 1.17 bits per heavy atom. The van der Waals surface area contributed by atoms with Gasteiger partial charge in [0.2, 0.25) is 10.0 Å². The van der Waals surface area contributed by atoms with Crippen LogP contribution in [0.4, 0.5) is 0 Å². The van der Waals surface area contributed by atoms with Crippen molar-refractivity contribution in [3.63, 3.8) is 0 Å². The molecule has 1 heterocycles. The van der Waals surface area contributed by atoms with Crippen LogP contribution >= 0.6 is 0 Å². The fourth-order valence-corrected chi connectivity index (χ4v) is 3.18. The number of benzene rings is 1. The van der Waals surface area contributed by atoms with Gasteiger partial charge in [-0.1, -0.05) is 18.2 Å². The van der Waals surface area contributed by atoms with Crippen molar-refractivity contribution in [2.24, 2.45) is 5.92 Å². The molecule has 0 atom stereocenters. The van der Waals surface area contributed by atoms with Crippen molar-refractivity contribution in [1.29, 1.82) is 0 Å². The highest BCUT2D eigenvalue weighted by Gasteiger charge is 2.16. The summed E-state index contributed by atoms with van der Waals surface area (Å²) in [6.07, 6.45) is 2.95. The first-order valence-electron chi connectivity index (χ1n) is 6.31. The molecule has 0 bridgehead atoms. The van der Waals surface area contributed by atoms with E-state index in [9.17, 15) is 8.42 Å². The van der Waals surface area contributed by atoms with Crippen molar-refractivity contribution in [2.45, 2.75) is 24.2 Å². The lowest BCUT2D eigenvalue weighted by Gasteiger charge is -2.21. The number of hydrogen-bond donors (Lipinski definition) is 1. The Morgan fingerprint density at radius 3 is 2.50 bits per heavy atom. The maximum atomic E-state index is 11.9. The topological polar surface area (TPSA) is 55.4 Å². The predicted octanol–water partition coefficient (Wildman–Crippen LogP) is 1.78. The van der Waals surface area contributed by atoms with Crippen LogP contribution in [-0.4, -0.2) is 28.2 Å². The van der Waals surface area contributed by atoms with E-state index in [0.29, 0.717) is 17.4 Å². The Bertz CT molecular complexity index is 452. The van der Waals surface area contributed by atoms with Gasteiger partial charge in [-0.15, -0.1) is 0 Å². The highest BCUT2D eigenvalue weighted by molar-refractivity contribution is 7.89. The summed E-state index contributed by atoms with van der Waals surface area (Å²) in [5, 5.41) is 0. The average molecular weight is 269 g/mol. The third-order valence-corrected chi connectivity index (χ3v) is 4.72. The molecule has 5 heteroatoms. The van der Waals surface area contributed by atoms with E-state index < -0.39 is 10.0 Å². The summed E-state index contributed by atoms with van der Waals surface area (Å²) in [5.74, 6) is 0.581. The van der Waals surface area contributed by atoms with Crippen molar-refractivity contribution in [3.05, 3.63) is 30.3 Å². The minimum atomic E-state index is -3.34. The molecule has 100 valence electrons. The summed E-state index contributed by atoms with van der Waals surface area (Å²) in [6.45, 7) is 2.11. The van der Waals surface area contributed by atoms with Crippen molar-refractivity contribution in [1.82, 2.24) is 4.72 Å². The second-order valence-corrected chi connectivity index (χ2v) is 6.32. The van der Waals surface area contributed by atoms with Crippen LogP contribution in [-0.2, 0) is 14.8 Å². The van der Waals surface area contributed by atoms with Gasteiger partial charge in [0.25, 0.3) is 0 Å². The molecule has 1 fully saturated rings. The van der Waals surface area contributed by atoms with Gasteiger partial charge in [-0.25, -0.2) is 13.1 Å². The van der Waals surface area contributed by atoms with E-state index in [2.05, 4.69) is 4.72 Å². The smallest absolute Gasteiger partial charge is 0.240 e. The van der Waals surface area contributed by atoms with Crippen molar-refractivity contribution in [3.8, 4) is 0 Å². The van der Waals surface area contributed by atoms with E-state index in [4.69, 9.17) is 4.74 Å². The molecule has 1 aliphatic heterocycles. The number of nitrogens with one attached hydrogen (secondary N) is 1. The Morgan fingerprint density at radius 2 is 1.83 bits per heavy atom. The Kier molecular flexibility index (Phi) is 4.74. The largest absolute Gasteiger partial charge is 0.381 e. The second-order valence-electron chi connectivity index (χ2n) is 4.56. The van der Waals surface area contributed by atoms with Gasteiger partial charge >= 0.3 is 0 Å². The predicted molar refractivity (Wildman–Crippen MR) is 69.8 cm³/mol. The van der Waals surface area contributed by atoms with E-state index in [-0.39, 0.29) is 0 Å². The number of hydrogen-bond acceptors (Lipinski definition) is 3. The minimum absolute atomic E-state index is 0.331. The lowest BCUT2D eigenvalue weighted by atomic mass is 9.97. The zero-order valence-corrected chi connectivity index (χ0v) is 11.2. The number of ether oxygens (including phenoxy) is 1. The van der Waals surface area contributed by atoms with Gasteiger partial charge in [0, 0.05) is 19.8 Å². The minimum Gasteiger partial charge on any atom is -0.381 e. The highest BCUT2D eigenvalue weighted by atomic mass is 32.2. The van der Waals surface area contributed by atoms with Crippen molar-refractivity contribution >= 4 is 10.0 Å². The summed E-state index contributed by atoms with van der Waals surface area (Å²) in [5.41, 5.74) is 0. The molecule has 1 aromatic rings. The summed E-state index contributed by atoms with van der Waals surface area (Å²) >= 11 is 0. The molecule has 0 aliphatic carbocycles. The zero-order valence-electron chi connectivity index (χ0n) is 10.3. The molecule has 1 N–H and O–H groups in total. The van der Waals surface area contributed by atoms with Gasteiger partial charge in [0.1, 0.15) is 0 Å². The van der Waals surface area contributed by atoms with Crippen LogP contribution in [0.25, 0.3) is 0 Å². The van der Waals surface area contributed by atoms with Crippen molar-refractivity contribution in [2.75, 3.05) is 19.8 Å². The van der Waals surface area contributed by atoms with Crippen molar-refractivity contribution < 1.29 is 13.2 Å². The molecule has 1 saturated heterocycles. The van der Waals surface area contributed by atoms with Crippen LogP contribution in [0.15, 0.2) is 35.2 Å². The third-order valence-electron chi connectivity index (χ3n) is 3.24. The van der Waals surface area contributed by atoms with Crippen LogP contribution in [0, 0.1) is 5.92 Å². The molecule has 0 saturated carbocycles. The molecule has 1 aliphatic rings. The summed E-state index contributed by atoms with van der Waals surface area (Å²) < 4.78 is 31.8. The molecule has 0 radical (unpaired) electrons. The van der Waals surface area contributed by atoms with E-state index in [1.807, 2.05) is 0 Å². The van der Waals surface area contributed by atoms with E-state index >= 15 is 0 Å². The Hall–Kier alpha value is -0.910. The van der Waals surface area contributed by atoms with Crippen LogP contribution in [0.5, 0.6) is 0 Å². The van der Waals surface area contributed by atoms with E-state index in [1.165, 1.54) is 0 Å². The van der Waals surface area contributed by atoms with Gasteiger partial charge in [0.05, 0.1) is 4.90 Å². The Balaban J connectivity index is 1.82. The lowest BCUT2D eigenvalue weighted by molar-refractivity contribution is 0.0644. The first kappa shape index (κ1) is 13.5. The van der Waals surface area contributed by atoms with Gasteiger partial charge < -0.3 is 4.74 Å². The molecular weight excluding hydrogens is 250 g/mol. The SMILES string of the molecule is O=S(=O)(NCCC1CCOCC1)c1ccccc1. The monoisotopic (exact) mass is 269 g/mol.